The first-order valence-electron chi connectivity index (χ1n) is 11.1. The minimum absolute atomic E-state index is 0.00170. The summed E-state index contributed by atoms with van der Waals surface area (Å²) in [4.78, 5) is 27.6. The van der Waals surface area contributed by atoms with Crippen LogP contribution in [-0.2, 0) is 26.2 Å². The van der Waals surface area contributed by atoms with E-state index in [2.05, 4.69) is 21.2 Å². The molecule has 0 aliphatic carbocycles. The van der Waals surface area contributed by atoms with Crippen LogP contribution in [0.15, 0.2) is 82.2 Å². The first-order valence-corrected chi connectivity index (χ1v) is 13.7. The second-order valence-electron chi connectivity index (χ2n) is 8.24. The van der Waals surface area contributed by atoms with E-state index < -0.39 is 28.5 Å². The lowest BCUT2D eigenvalue weighted by atomic mass is 10.1. The molecule has 1 atom stereocenters. The third kappa shape index (κ3) is 6.66. The SMILES string of the molecule is CNC(=O)[C@H](C)N(Cc1cccc(Br)c1)C(=O)CN(c1ccc(C)cc1)S(=O)(=O)c1ccc(Cl)cc1. The minimum atomic E-state index is -4.12. The van der Waals surface area contributed by atoms with E-state index in [1.807, 2.05) is 31.2 Å². The Bertz CT molecular complexity index is 1330. The summed E-state index contributed by atoms with van der Waals surface area (Å²) in [7, 11) is -2.63. The van der Waals surface area contributed by atoms with E-state index in [1.54, 1.807) is 31.2 Å². The van der Waals surface area contributed by atoms with Crippen LogP contribution >= 0.6 is 27.5 Å². The van der Waals surface area contributed by atoms with Crippen molar-refractivity contribution in [3.63, 3.8) is 0 Å². The lowest BCUT2D eigenvalue weighted by Crippen LogP contribution is -2.50. The Morgan fingerprint density at radius 3 is 2.25 bits per heavy atom. The van der Waals surface area contributed by atoms with Crippen LogP contribution in [0, 0.1) is 6.92 Å². The highest BCUT2D eigenvalue weighted by molar-refractivity contribution is 9.10. The summed E-state index contributed by atoms with van der Waals surface area (Å²) in [6, 6.07) is 19.1. The van der Waals surface area contributed by atoms with Gasteiger partial charge in [0.15, 0.2) is 0 Å². The van der Waals surface area contributed by atoms with E-state index >= 15 is 0 Å². The standard InChI is InChI=1S/C26H27BrClN3O4S/c1-18-7-11-23(12-8-18)31(36(34,35)24-13-9-22(28)10-14-24)17-25(32)30(19(2)26(33)29-3)16-20-5-4-6-21(27)15-20/h4-15,19H,16-17H2,1-3H3,(H,29,33)/t19-/m0/s1. The van der Waals surface area contributed by atoms with Gasteiger partial charge in [0, 0.05) is 23.1 Å². The van der Waals surface area contributed by atoms with Crippen molar-refractivity contribution >= 4 is 55.1 Å². The van der Waals surface area contributed by atoms with Crippen molar-refractivity contribution in [3.8, 4) is 0 Å². The zero-order valence-electron chi connectivity index (χ0n) is 20.1. The van der Waals surface area contributed by atoms with Crippen LogP contribution in [0.4, 0.5) is 5.69 Å². The van der Waals surface area contributed by atoms with E-state index in [1.165, 1.54) is 36.2 Å². The Balaban J connectivity index is 2.02. The summed E-state index contributed by atoms with van der Waals surface area (Å²) >= 11 is 9.38. The smallest absolute Gasteiger partial charge is 0.264 e. The second kappa shape index (κ2) is 11.9. The van der Waals surface area contributed by atoms with Crippen LogP contribution in [0.3, 0.4) is 0 Å². The van der Waals surface area contributed by atoms with Gasteiger partial charge in [0.1, 0.15) is 12.6 Å². The molecule has 0 radical (unpaired) electrons. The maximum Gasteiger partial charge on any atom is 0.264 e. The normalized spacial score (nSPS) is 12.0. The average Bonchev–Trinajstić information content (AvgIpc) is 2.85. The number of aryl methyl sites for hydroxylation is 1. The third-order valence-electron chi connectivity index (χ3n) is 5.66. The molecule has 0 bridgehead atoms. The predicted octanol–water partition coefficient (Wildman–Crippen LogP) is 4.77. The van der Waals surface area contributed by atoms with Gasteiger partial charge in [0.05, 0.1) is 10.6 Å². The zero-order valence-corrected chi connectivity index (χ0v) is 23.3. The van der Waals surface area contributed by atoms with Gasteiger partial charge in [0.25, 0.3) is 10.0 Å². The van der Waals surface area contributed by atoms with Crippen LogP contribution in [0.5, 0.6) is 0 Å². The average molecular weight is 593 g/mol. The maximum atomic E-state index is 13.7. The van der Waals surface area contributed by atoms with Crippen LogP contribution in [0.2, 0.25) is 5.02 Å². The highest BCUT2D eigenvalue weighted by atomic mass is 79.9. The summed E-state index contributed by atoms with van der Waals surface area (Å²) in [5, 5.41) is 2.96. The molecule has 190 valence electrons. The summed E-state index contributed by atoms with van der Waals surface area (Å²) in [5.74, 6) is -0.884. The number of benzene rings is 3. The topological polar surface area (TPSA) is 86.8 Å². The number of nitrogens with zero attached hydrogens (tertiary/aromatic N) is 2. The zero-order chi connectivity index (χ0) is 26.5. The molecule has 0 aliphatic rings. The Morgan fingerprint density at radius 1 is 1.03 bits per heavy atom. The summed E-state index contributed by atoms with van der Waals surface area (Å²) in [6.07, 6.45) is 0. The molecule has 0 heterocycles. The Hall–Kier alpha value is -2.88. The van der Waals surface area contributed by atoms with Crippen LogP contribution in [0.1, 0.15) is 18.1 Å². The van der Waals surface area contributed by atoms with Crippen molar-refractivity contribution < 1.29 is 18.0 Å². The largest absolute Gasteiger partial charge is 0.357 e. The van der Waals surface area contributed by atoms with E-state index in [0.717, 1.165) is 19.9 Å². The first kappa shape index (κ1) is 27.7. The molecule has 0 saturated carbocycles. The molecule has 36 heavy (non-hydrogen) atoms. The number of amides is 2. The van der Waals surface area contributed by atoms with E-state index in [0.29, 0.717) is 10.7 Å². The number of halogens is 2. The van der Waals surface area contributed by atoms with Gasteiger partial charge < -0.3 is 10.2 Å². The van der Waals surface area contributed by atoms with Gasteiger partial charge in [-0.05, 0) is 67.9 Å². The van der Waals surface area contributed by atoms with Crippen LogP contribution in [0.25, 0.3) is 0 Å². The Morgan fingerprint density at radius 2 is 1.67 bits per heavy atom. The lowest BCUT2D eigenvalue weighted by Gasteiger charge is -2.31. The third-order valence-corrected chi connectivity index (χ3v) is 8.19. The van der Waals surface area contributed by atoms with Gasteiger partial charge in [-0.15, -0.1) is 0 Å². The summed E-state index contributed by atoms with van der Waals surface area (Å²) in [5.41, 5.74) is 2.06. The summed E-state index contributed by atoms with van der Waals surface area (Å²) in [6.45, 7) is 3.12. The van der Waals surface area contributed by atoms with Crippen LogP contribution in [-0.4, -0.2) is 44.8 Å². The van der Waals surface area contributed by atoms with Gasteiger partial charge in [-0.25, -0.2) is 8.42 Å². The van der Waals surface area contributed by atoms with Crippen molar-refractivity contribution in [3.05, 3.63) is 93.4 Å². The lowest BCUT2D eigenvalue weighted by molar-refractivity contribution is -0.139. The molecule has 3 aromatic carbocycles. The minimum Gasteiger partial charge on any atom is -0.357 e. The molecule has 3 aromatic rings. The molecule has 0 unspecified atom stereocenters. The fourth-order valence-corrected chi connectivity index (χ4v) is 5.58. The predicted molar refractivity (Wildman–Crippen MR) is 145 cm³/mol. The number of carbonyl (C=O) groups is 2. The monoisotopic (exact) mass is 591 g/mol. The quantitative estimate of drug-likeness (QED) is 0.388. The number of carbonyl (C=O) groups excluding carboxylic acids is 2. The fourth-order valence-electron chi connectivity index (χ4n) is 3.60. The number of hydrogen-bond donors (Lipinski definition) is 1. The number of nitrogens with one attached hydrogen (secondary N) is 1. The molecule has 3 rings (SSSR count). The van der Waals surface area contributed by atoms with E-state index in [9.17, 15) is 18.0 Å². The van der Waals surface area contributed by atoms with Crippen LogP contribution < -0.4 is 9.62 Å². The molecule has 0 saturated heterocycles. The molecule has 10 heteroatoms. The molecule has 0 spiro atoms. The van der Waals surface area contributed by atoms with Crippen molar-refractivity contribution in [1.29, 1.82) is 0 Å². The molecule has 0 fully saturated rings. The van der Waals surface area contributed by atoms with Crippen molar-refractivity contribution in [2.45, 2.75) is 31.3 Å². The maximum absolute atomic E-state index is 13.7. The molecule has 7 nitrogen and oxygen atoms in total. The molecular weight excluding hydrogens is 566 g/mol. The Labute approximate surface area is 225 Å². The van der Waals surface area contributed by atoms with Gasteiger partial charge in [0.2, 0.25) is 11.8 Å². The molecule has 0 aromatic heterocycles. The first-order chi connectivity index (χ1) is 17.0. The van der Waals surface area contributed by atoms with E-state index in [4.69, 9.17) is 11.6 Å². The molecule has 0 aliphatic heterocycles. The van der Waals surface area contributed by atoms with Gasteiger partial charge in [-0.1, -0.05) is 57.4 Å². The van der Waals surface area contributed by atoms with Crippen molar-refractivity contribution in [2.24, 2.45) is 0 Å². The highest BCUT2D eigenvalue weighted by Crippen LogP contribution is 2.26. The number of likely N-dealkylation sites (N-methyl/N-ethyl adjacent to an activating group) is 1. The number of sulfonamides is 1. The van der Waals surface area contributed by atoms with Gasteiger partial charge in [-0.3, -0.25) is 13.9 Å². The molecule has 2 amide bonds. The van der Waals surface area contributed by atoms with Crippen molar-refractivity contribution in [1.82, 2.24) is 10.2 Å². The highest BCUT2D eigenvalue weighted by Gasteiger charge is 2.32. The Kier molecular flexibility index (Phi) is 9.16. The fraction of sp³-hybridized carbons (Fsp3) is 0.231. The number of anilines is 1. The van der Waals surface area contributed by atoms with Crippen molar-refractivity contribution in [2.75, 3.05) is 17.9 Å². The molecule has 1 N–H and O–H groups in total. The van der Waals surface area contributed by atoms with E-state index in [-0.39, 0.29) is 17.3 Å². The van der Waals surface area contributed by atoms with Gasteiger partial charge in [-0.2, -0.15) is 0 Å². The van der Waals surface area contributed by atoms with Gasteiger partial charge >= 0.3 is 0 Å². The second-order valence-corrected chi connectivity index (χ2v) is 11.5. The molecular formula is C26H27BrClN3O4S. The number of rotatable bonds is 9. The number of hydrogen-bond acceptors (Lipinski definition) is 4. The summed E-state index contributed by atoms with van der Waals surface area (Å²) < 4.78 is 29.2.